The van der Waals surface area contributed by atoms with Gasteiger partial charge < -0.3 is 19.7 Å². The number of thiazole rings is 1. The second-order valence-corrected chi connectivity index (χ2v) is 10.2. The molecule has 33 heavy (non-hydrogen) atoms. The maximum absolute atomic E-state index is 13.3. The average Bonchev–Trinajstić information content (AvgIpc) is 3.45. The van der Waals surface area contributed by atoms with E-state index >= 15 is 0 Å². The first kappa shape index (κ1) is 22.0. The smallest absolute Gasteiger partial charge is 0.274 e. The third-order valence-electron chi connectivity index (χ3n) is 5.55. The summed E-state index contributed by atoms with van der Waals surface area (Å²) in [5.41, 5.74) is 0.982. The number of nitrogens with one attached hydrogen (secondary N) is 1. The number of piperidine rings is 1. The Morgan fingerprint density at radius 3 is 2.76 bits per heavy atom. The van der Waals surface area contributed by atoms with Crippen molar-refractivity contribution in [3.8, 4) is 11.5 Å². The van der Waals surface area contributed by atoms with Gasteiger partial charge in [0, 0.05) is 30.9 Å². The zero-order chi connectivity index (χ0) is 22.9. The fourth-order valence-corrected chi connectivity index (χ4v) is 5.85. The van der Waals surface area contributed by atoms with Crippen molar-refractivity contribution >= 4 is 50.2 Å². The number of carbonyl (C=O) groups excluding carboxylic acids is 1. The molecular formula is C22H25N5O4S2. The van der Waals surface area contributed by atoms with Crippen LogP contribution in [0.1, 0.15) is 39.2 Å². The largest absolute Gasteiger partial charge is 0.454 e. The Morgan fingerprint density at radius 2 is 1.97 bits per heavy atom. The van der Waals surface area contributed by atoms with Gasteiger partial charge in [-0.15, -0.1) is 0 Å². The molecule has 5 rings (SSSR count). The SMILES string of the molecule is CC(C)n1c(SCC(=O)Nc2ccc3c(c2)OCO3)nc2nc(N3CCCCC3)sc2c1=O. The number of nitrogens with zero attached hydrogens (tertiary/aromatic N) is 4. The summed E-state index contributed by atoms with van der Waals surface area (Å²) in [7, 11) is 0. The lowest BCUT2D eigenvalue weighted by atomic mass is 10.1. The summed E-state index contributed by atoms with van der Waals surface area (Å²) in [5.74, 6) is 1.18. The van der Waals surface area contributed by atoms with Crippen LogP contribution in [-0.2, 0) is 4.79 Å². The second kappa shape index (κ2) is 9.22. The Bertz CT molecular complexity index is 1250. The monoisotopic (exact) mass is 487 g/mol. The van der Waals surface area contributed by atoms with E-state index in [9.17, 15) is 9.59 Å². The van der Waals surface area contributed by atoms with Crippen molar-refractivity contribution in [2.75, 3.05) is 35.9 Å². The number of fused-ring (bicyclic) bond motifs is 2. The van der Waals surface area contributed by atoms with Crippen LogP contribution in [0.15, 0.2) is 28.2 Å². The van der Waals surface area contributed by atoms with Crippen molar-refractivity contribution in [1.82, 2.24) is 14.5 Å². The lowest BCUT2D eigenvalue weighted by Gasteiger charge is -2.25. The molecule has 0 spiro atoms. The zero-order valence-electron chi connectivity index (χ0n) is 18.5. The number of hydrogen-bond donors (Lipinski definition) is 1. The molecule has 1 N–H and O–H groups in total. The average molecular weight is 488 g/mol. The van der Waals surface area contributed by atoms with E-state index in [-0.39, 0.29) is 30.1 Å². The van der Waals surface area contributed by atoms with Crippen LogP contribution in [0, 0.1) is 0 Å². The summed E-state index contributed by atoms with van der Waals surface area (Å²) in [4.78, 5) is 37.4. The summed E-state index contributed by atoms with van der Waals surface area (Å²) in [5, 5.41) is 4.21. The van der Waals surface area contributed by atoms with Gasteiger partial charge >= 0.3 is 0 Å². The van der Waals surface area contributed by atoms with E-state index in [1.807, 2.05) is 13.8 Å². The van der Waals surface area contributed by atoms with Crippen LogP contribution in [-0.4, -0.2) is 46.1 Å². The number of anilines is 2. The van der Waals surface area contributed by atoms with E-state index in [0.29, 0.717) is 32.7 Å². The van der Waals surface area contributed by atoms with Gasteiger partial charge in [-0.3, -0.25) is 14.2 Å². The molecule has 4 heterocycles. The number of rotatable bonds is 6. The van der Waals surface area contributed by atoms with Gasteiger partial charge in [-0.2, -0.15) is 4.98 Å². The topological polar surface area (TPSA) is 98.6 Å². The Kier molecular flexibility index (Phi) is 6.15. The van der Waals surface area contributed by atoms with Gasteiger partial charge in [0.15, 0.2) is 27.4 Å². The van der Waals surface area contributed by atoms with Gasteiger partial charge in [0.1, 0.15) is 4.70 Å². The number of ether oxygens (including phenoxy) is 2. The molecule has 1 aromatic carbocycles. The standard InChI is InChI=1S/C22H25N5O4S2/c1-13(2)27-20(29)18-19(24-21(33-18)26-8-4-3-5-9-26)25-22(27)32-11-17(28)23-14-6-7-15-16(10-14)31-12-30-15/h6-7,10,13H,3-5,8-9,11-12H2,1-2H3,(H,23,28). The predicted molar refractivity (Wildman–Crippen MR) is 130 cm³/mol. The molecule has 9 nitrogen and oxygen atoms in total. The summed E-state index contributed by atoms with van der Waals surface area (Å²) in [6, 6.07) is 5.17. The number of aromatic nitrogens is 3. The molecule has 2 aromatic heterocycles. The molecule has 1 amide bonds. The fourth-order valence-electron chi connectivity index (χ4n) is 3.94. The predicted octanol–water partition coefficient (Wildman–Crippen LogP) is 3.88. The van der Waals surface area contributed by atoms with Crippen molar-refractivity contribution in [2.24, 2.45) is 0 Å². The molecule has 0 saturated carbocycles. The Morgan fingerprint density at radius 1 is 1.18 bits per heavy atom. The van der Waals surface area contributed by atoms with Crippen LogP contribution in [0.5, 0.6) is 11.5 Å². The third kappa shape index (κ3) is 4.51. The van der Waals surface area contributed by atoms with Crippen molar-refractivity contribution in [3.63, 3.8) is 0 Å². The molecule has 1 saturated heterocycles. The first-order valence-corrected chi connectivity index (χ1v) is 12.8. The Hall–Kier alpha value is -2.79. The normalized spacial score (nSPS) is 15.4. The van der Waals surface area contributed by atoms with Gasteiger partial charge in [-0.1, -0.05) is 23.1 Å². The highest BCUT2D eigenvalue weighted by molar-refractivity contribution is 7.99. The summed E-state index contributed by atoms with van der Waals surface area (Å²) >= 11 is 2.65. The second-order valence-electron chi connectivity index (χ2n) is 8.27. The molecule has 0 unspecified atom stereocenters. The number of thioether (sulfide) groups is 1. The van der Waals surface area contributed by atoms with Crippen LogP contribution in [0.25, 0.3) is 10.3 Å². The minimum atomic E-state index is -0.198. The van der Waals surface area contributed by atoms with Gasteiger partial charge in [0.2, 0.25) is 12.7 Å². The molecule has 174 valence electrons. The number of benzene rings is 1. The van der Waals surface area contributed by atoms with E-state index in [1.54, 1.807) is 22.8 Å². The lowest BCUT2D eigenvalue weighted by molar-refractivity contribution is -0.113. The molecule has 1 fully saturated rings. The number of amides is 1. The van der Waals surface area contributed by atoms with Gasteiger partial charge in [0.05, 0.1) is 5.75 Å². The van der Waals surface area contributed by atoms with Gasteiger partial charge in [-0.25, -0.2) is 4.98 Å². The maximum Gasteiger partial charge on any atom is 0.274 e. The third-order valence-corrected chi connectivity index (χ3v) is 7.60. The van der Waals surface area contributed by atoms with E-state index in [0.717, 1.165) is 31.1 Å². The minimum absolute atomic E-state index is 0.0886. The fraction of sp³-hybridized carbons (Fsp3) is 0.455. The lowest BCUT2D eigenvalue weighted by Crippen LogP contribution is -2.29. The molecule has 0 radical (unpaired) electrons. The molecule has 11 heteroatoms. The summed E-state index contributed by atoms with van der Waals surface area (Å²) in [6.07, 6.45) is 3.51. The number of hydrogen-bond acceptors (Lipinski definition) is 9. The Labute approximate surface area is 199 Å². The van der Waals surface area contributed by atoms with Gasteiger partial charge in [-0.05, 0) is 45.2 Å². The molecule has 3 aromatic rings. The highest BCUT2D eigenvalue weighted by Gasteiger charge is 2.22. The van der Waals surface area contributed by atoms with E-state index in [1.165, 1.54) is 29.5 Å². The van der Waals surface area contributed by atoms with E-state index in [4.69, 9.17) is 9.47 Å². The molecular weight excluding hydrogens is 462 g/mol. The summed E-state index contributed by atoms with van der Waals surface area (Å²) < 4.78 is 12.9. The van der Waals surface area contributed by atoms with Crippen molar-refractivity contribution in [1.29, 1.82) is 0 Å². The molecule has 2 aliphatic rings. The molecule has 0 bridgehead atoms. The highest BCUT2D eigenvalue weighted by Crippen LogP contribution is 2.34. The minimum Gasteiger partial charge on any atom is -0.454 e. The molecule has 0 atom stereocenters. The Balaban J connectivity index is 1.35. The van der Waals surface area contributed by atoms with Crippen LogP contribution >= 0.6 is 23.1 Å². The highest BCUT2D eigenvalue weighted by atomic mass is 32.2. The van der Waals surface area contributed by atoms with Crippen molar-refractivity contribution < 1.29 is 14.3 Å². The first-order chi connectivity index (χ1) is 16.0. The summed E-state index contributed by atoms with van der Waals surface area (Å²) in [6.45, 7) is 5.98. The van der Waals surface area contributed by atoms with Crippen LogP contribution in [0.4, 0.5) is 10.8 Å². The zero-order valence-corrected chi connectivity index (χ0v) is 20.1. The van der Waals surface area contributed by atoms with Gasteiger partial charge in [0.25, 0.3) is 5.56 Å². The van der Waals surface area contributed by atoms with Crippen molar-refractivity contribution in [3.05, 3.63) is 28.6 Å². The van der Waals surface area contributed by atoms with Crippen molar-refractivity contribution in [2.45, 2.75) is 44.3 Å². The maximum atomic E-state index is 13.3. The molecule has 0 aliphatic carbocycles. The molecule has 2 aliphatic heterocycles. The van der Waals surface area contributed by atoms with E-state index in [2.05, 4.69) is 20.2 Å². The number of carbonyl (C=O) groups is 1. The van der Waals surface area contributed by atoms with E-state index < -0.39 is 0 Å². The van der Waals surface area contributed by atoms with Crippen LogP contribution in [0.3, 0.4) is 0 Å². The van der Waals surface area contributed by atoms with Crippen LogP contribution < -0.4 is 25.2 Å². The first-order valence-electron chi connectivity index (χ1n) is 11.0. The van der Waals surface area contributed by atoms with Crippen LogP contribution in [0.2, 0.25) is 0 Å². The quantitative estimate of drug-likeness (QED) is 0.413.